The molecular weight excluding hydrogens is 474 g/mol. The number of aromatic nitrogens is 2. The van der Waals surface area contributed by atoms with Crippen molar-refractivity contribution in [3.8, 4) is 11.4 Å². The number of carbonyl (C=O) groups is 1. The minimum absolute atomic E-state index is 0.0537. The molecule has 0 atom stereocenters. The molecular formula is C20H18BrN3O5S. The first kappa shape index (κ1) is 20.6. The van der Waals surface area contributed by atoms with Crippen LogP contribution >= 0.6 is 15.9 Å². The summed E-state index contributed by atoms with van der Waals surface area (Å²) in [4.78, 5) is 11.9. The zero-order valence-corrected chi connectivity index (χ0v) is 18.4. The van der Waals surface area contributed by atoms with Crippen LogP contribution in [0.4, 0.5) is 0 Å². The van der Waals surface area contributed by atoms with Crippen LogP contribution in [-0.4, -0.2) is 47.2 Å². The van der Waals surface area contributed by atoms with Gasteiger partial charge in [0.15, 0.2) is 5.69 Å². The molecule has 2 heterocycles. The Labute approximate surface area is 181 Å². The molecule has 2 aromatic carbocycles. The van der Waals surface area contributed by atoms with Gasteiger partial charge < -0.3 is 9.84 Å². The molecule has 30 heavy (non-hydrogen) atoms. The molecule has 1 aliphatic heterocycles. The average molecular weight is 492 g/mol. The molecule has 0 unspecified atom stereocenters. The summed E-state index contributed by atoms with van der Waals surface area (Å²) in [6.45, 7) is 0.171. The number of nitrogens with zero attached hydrogens (tertiary/aromatic N) is 3. The summed E-state index contributed by atoms with van der Waals surface area (Å²) >= 11 is 3.38. The largest absolute Gasteiger partial charge is 0.497 e. The summed E-state index contributed by atoms with van der Waals surface area (Å²) < 4.78 is 35.0. The zero-order valence-electron chi connectivity index (χ0n) is 15.9. The third-order valence-electron chi connectivity index (χ3n) is 4.99. The van der Waals surface area contributed by atoms with Gasteiger partial charge in [-0.2, -0.15) is 9.40 Å². The highest BCUT2D eigenvalue weighted by Crippen LogP contribution is 2.30. The minimum Gasteiger partial charge on any atom is -0.497 e. The second-order valence-corrected chi connectivity index (χ2v) is 9.58. The first-order valence-electron chi connectivity index (χ1n) is 9.05. The van der Waals surface area contributed by atoms with E-state index in [4.69, 9.17) is 4.74 Å². The van der Waals surface area contributed by atoms with E-state index in [0.29, 0.717) is 29.1 Å². The maximum atomic E-state index is 13.1. The number of benzene rings is 2. The fourth-order valence-corrected chi connectivity index (χ4v) is 5.14. The summed E-state index contributed by atoms with van der Waals surface area (Å²) in [5, 5.41) is 13.9. The topological polar surface area (TPSA) is 102 Å². The summed E-state index contributed by atoms with van der Waals surface area (Å²) in [5.41, 5.74) is 1.70. The Hall–Kier alpha value is -2.69. The van der Waals surface area contributed by atoms with Gasteiger partial charge in [0, 0.05) is 29.5 Å². The van der Waals surface area contributed by atoms with Crippen molar-refractivity contribution >= 4 is 31.9 Å². The Morgan fingerprint density at radius 3 is 2.40 bits per heavy atom. The Bertz CT molecular complexity index is 1200. The normalized spacial score (nSPS) is 14.3. The molecule has 0 fully saturated rings. The van der Waals surface area contributed by atoms with E-state index in [1.54, 1.807) is 16.8 Å². The van der Waals surface area contributed by atoms with Crippen molar-refractivity contribution in [2.24, 2.45) is 0 Å². The van der Waals surface area contributed by atoms with E-state index in [1.807, 2.05) is 24.3 Å². The predicted octanol–water partition coefficient (Wildman–Crippen LogP) is 3.09. The monoisotopic (exact) mass is 491 g/mol. The van der Waals surface area contributed by atoms with Crippen molar-refractivity contribution in [3.63, 3.8) is 0 Å². The van der Waals surface area contributed by atoms with Crippen LogP contribution in [0, 0.1) is 0 Å². The third-order valence-corrected chi connectivity index (χ3v) is 7.38. The Balaban J connectivity index is 1.72. The van der Waals surface area contributed by atoms with E-state index in [2.05, 4.69) is 21.0 Å². The van der Waals surface area contributed by atoms with E-state index in [9.17, 15) is 18.3 Å². The van der Waals surface area contributed by atoms with Crippen molar-refractivity contribution in [1.29, 1.82) is 0 Å². The number of carboxylic acid groups (broad SMARTS) is 1. The van der Waals surface area contributed by atoms with Gasteiger partial charge in [-0.15, -0.1) is 0 Å². The minimum atomic E-state index is -3.79. The van der Waals surface area contributed by atoms with Crippen molar-refractivity contribution in [2.45, 2.75) is 17.9 Å². The van der Waals surface area contributed by atoms with Crippen molar-refractivity contribution in [2.75, 3.05) is 13.7 Å². The van der Waals surface area contributed by atoms with E-state index in [1.165, 1.54) is 23.5 Å². The van der Waals surface area contributed by atoms with Crippen LogP contribution < -0.4 is 4.74 Å². The fraction of sp³-hybridized carbons (Fsp3) is 0.200. The maximum Gasteiger partial charge on any atom is 0.356 e. The number of methoxy groups -OCH3 is 1. The van der Waals surface area contributed by atoms with Crippen LogP contribution in [0.2, 0.25) is 0 Å². The summed E-state index contributed by atoms with van der Waals surface area (Å²) in [6.07, 6.45) is 0.348. The van der Waals surface area contributed by atoms with Gasteiger partial charge in [0.2, 0.25) is 10.0 Å². The van der Waals surface area contributed by atoms with Gasteiger partial charge in [0.1, 0.15) is 5.75 Å². The number of ether oxygens (including phenoxy) is 1. The quantitative estimate of drug-likeness (QED) is 0.588. The highest BCUT2D eigenvalue weighted by molar-refractivity contribution is 9.10. The van der Waals surface area contributed by atoms with Gasteiger partial charge in [0.25, 0.3) is 0 Å². The van der Waals surface area contributed by atoms with Crippen molar-refractivity contribution < 1.29 is 23.1 Å². The molecule has 0 saturated heterocycles. The molecule has 0 radical (unpaired) electrons. The predicted molar refractivity (Wildman–Crippen MR) is 113 cm³/mol. The number of fused-ring (bicyclic) bond motifs is 1. The summed E-state index contributed by atoms with van der Waals surface area (Å²) in [5.74, 6) is -0.635. The van der Waals surface area contributed by atoms with Crippen molar-refractivity contribution in [3.05, 3.63) is 70.0 Å². The zero-order chi connectivity index (χ0) is 21.5. The lowest BCUT2D eigenvalue weighted by atomic mass is 10.1. The standard InChI is InChI=1S/C20H18BrN3O5S/c1-29-15-6-8-16(9-7-15)30(27,28)23-11-10-18-17(12-23)19(20(25)26)22-24(18)14-4-2-13(21)3-5-14/h2-9H,10-12H2,1H3,(H,25,26). The lowest BCUT2D eigenvalue weighted by molar-refractivity contribution is 0.0688. The molecule has 0 spiro atoms. The van der Waals surface area contributed by atoms with Crippen LogP contribution in [0.25, 0.3) is 5.69 Å². The number of aromatic carboxylic acids is 1. The van der Waals surface area contributed by atoms with Gasteiger partial charge in [0.05, 0.1) is 23.4 Å². The number of hydrogen-bond donors (Lipinski definition) is 1. The van der Waals surface area contributed by atoms with Gasteiger partial charge >= 0.3 is 5.97 Å². The van der Waals surface area contributed by atoms with E-state index in [0.717, 1.165) is 4.47 Å². The summed E-state index contributed by atoms with van der Waals surface area (Å²) in [6, 6.07) is 13.4. The number of sulfonamides is 1. The molecule has 1 aromatic heterocycles. The van der Waals surface area contributed by atoms with Crippen molar-refractivity contribution in [1.82, 2.24) is 14.1 Å². The maximum absolute atomic E-state index is 13.1. The van der Waals surface area contributed by atoms with Gasteiger partial charge in [-0.25, -0.2) is 17.9 Å². The summed E-state index contributed by atoms with van der Waals surface area (Å²) in [7, 11) is -2.29. The first-order valence-corrected chi connectivity index (χ1v) is 11.3. The van der Waals surface area contributed by atoms with Crippen LogP contribution in [0.1, 0.15) is 21.7 Å². The number of carboxylic acids is 1. The lowest BCUT2D eigenvalue weighted by Crippen LogP contribution is -2.36. The molecule has 8 nitrogen and oxygen atoms in total. The smallest absolute Gasteiger partial charge is 0.356 e. The third kappa shape index (κ3) is 3.62. The average Bonchev–Trinajstić information content (AvgIpc) is 3.13. The first-order chi connectivity index (χ1) is 14.3. The number of hydrogen-bond acceptors (Lipinski definition) is 5. The molecule has 1 N–H and O–H groups in total. The van der Waals surface area contributed by atoms with E-state index >= 15 is 0 Å². The van der Waals surface area contributed by atoms with Crippen LogP contribution in [0.5, 0.6) is 5.75 Å². The second kappa shape index (κ2) is 7.86. The van der Waals surface area contributed by atoms with Crippen LogP contribution in [0.3, 0.4) is 0 Å². The number of rotatable bonds is 5. The number of halogens is 1. The van der Waals surface area contributed by atoms with Crippen LogP contribution in [0.15, 0.2) is 57.9 Å². The molecule has 1 aliphatic rings. The molecule has 4 rings (SSSR count). The van der Waals surface area contributed by atoms with E-state index < -0.39 is 16.0 Å². The Kier molecular flexibility index (Phi) is 5.39. The molecule has 0 amide bonds. The molecule has 156 valence electrons. The SMILES string of the molecule is COc1ccc(S(=O)(=O)N2CCc3c(c(C(=O)O)nn3-c3ccc(Br)cc3)C2)cc1. The van der Waals surface area contributed by atoms with Crippen LogP contribution in [-0.2, 0) is 23.0 Å². The van der Waals surface area contributed by atoms with Gasteiger partial charge in [-0.05, 0) is 48.5 Å². The second-order valence-electron chi connectivity index (χ2n) is 6.73. The Morgan fingerprint density at radius 1 is 1.13 bits per heavy atom. The lowest BCUT2D eigenvalue weighted by Gasteiger charge is -2.27. The molecule has 0 aliphatic carbocycles. The highest BCUT2D eigenvalue weighted by atomic mass is 79.9. The molecule has 3 aromatic rings. The van der Waals surface area contributed by atoms with Gasteiger partial charge in [-0.3, -0.25) is 0 Å². The fourth-order valence-electron chi connectivity index (χ4n) is 3.46. The van der Waals surface area contributed by atoms with E-state index in [-0.39, 0.29) is 23.7 Å². The molecule has 0 saturated carbocycles. The van der Waals surface area contributed by atoms with Gasteiger partial charge in [-0.1, -0.05) is 15.9 Å². The highest BCUT2D eigenvalue weighted by Gasteiger charge is 2.34. The molecule has 10 heteroatoms. The Morgan fingerprint density at radius 2 is 1.80 bits per heavy atom. The molecule has 0 bridgehead atoms.